The van der Waals surface area contributed by atoms with Crippen LogP contribution in [0.5, 0.6) is 0 Å². The molecular weight excluding hydrogens is 248 g/mol. The number of nitro benzene ring substituents is 1. The molecule has 0 spiro atoms. The van der Waals surface area contributed by atoms with E-state index in [-0.39, 0.29) is 29.8 Å². The van der Waals surface area contributed by atoms with Crippen LogP contribution in [-0.4, -0.2) is 34.6 Å². The van der Waals surface area contributed by atoms with E-state index in [9.17, 15) is 19.7 Å². The third-order valence-electron chi connectivity index (χ3n) is 3.14. The molecule has 1 heterocycles. The number of hydrogen-bond donors (Lipinski definition) is 0. The van der Waals surface area contributed by atoms with E-state index in [1.165, 1.54) is 29.2 Å². The number of hydrogen-bond acceptors (Lipinski definition) is 4. The van der Waals surface area contributed by atoms with E-state index in [2.05, 4.69) is 0 Å². The minimum atomic E-state index is -0.514. The molecule has 1 aromatic rings. The monoisotopic (exact) mass is 262 g/mol. The highest BCUT2D eigenvalue weighted by Crippen LogP contribution is 2.18. The summed E-state index contributed by atoms with van der Waals surface area (Å²) in [6, 6.07) is 5.43. The number of rotatable bonds is 4. The van der Waals surface area contributed by atoms with Gasteiger partial charge >= 0.3 is 0 Å². The maximum atomic E-state index is 12.0. The first-order valence-corrected chi connectivity index (χ1v) is 6.03. The van der Waals surface area contributed by atoms with Crippen molar-refractivity contribution in [1.82, 2.24) is 4.90 Å². The van der Waals surface area contributed by atoms with Gasteiger partial charge in [-0.3, -0.25) is 19.7 Å². The van der Waals surface area contributed by atoms with Gasteiger partial charge in [0.2, 0.25) is 5.91 Å². The fourth-order valence-corrected chi connectivity index (χ4v) is 2.16. The van der Waals surface area contributed by atoms with E-state index >= 15 is 0 Å². The van der Waals surface area contributed by atoms with Crippen molar-refractivity contribution in [3.8, 4) is 0 Å². The molecule has 0 radical (unpaired) electrons. The van der Waals surface area contributed by atoms with Gasteiger partial charge in [-0.1, -0.05) is 6.92 Å². The Bertz CT molecular complexity index is 524. The summed E-state index contributed by atoms with van der Waals surface area (Å²) in [5.41, 5.74) is 0.334. The fraction of sp³-hybridized carbons (Fsp3) is 0.385. The minimum absolute atomic E-state index is 0.0113. The summed E-state index contributed by atoms with van der Waals surface area (Å²) in [4.78, 5) is 35.1. The number of ketones is 1. The van der Waals surface area contributed by atoms with Crippen LogP contribution < -0.4 is 0 Å². The van der Waals surface area contributed by atoms with Gasteiger partial charge in [0.25, 0.3) is 5.69 Å². The van der Waals surface area contributed by atoms with Crippen molar-refractivity contribution < 1.29 is 14.5 Å². The van der Waals surface area contributed by atoms with Crippen LogP contribution >= 0.6 is 0 Å². The van der Waals surface area contributed by atoms with Gasteiger partial charge in [-0.05, 0) is 18.1 Å². The Morgan fingerprint density at radius 3 is 2.53 bits per heavy atom. The van der Waals surface area contributed by atoms with Gasteiger partial charge in [-0.2, -0.15) is 0 Å². The zero-order chi connectivity index (χ0) is 14.0. The summed E-state index contributed by atoms with van der Waals surface area (Å²) in [6.45, 7) is 2.60. The second kappa shape index (κ2) is 5.17. The smallest absolute Gasteiger partial charge is 0.269 e. The zero-order valence-corrected chi connectivity index (χ0v) is 10.5. The van der Waals surface area contributed by atoms with Crippen molar-refractivity contribution in [2.24, 2.45) is 5.92 Å². The van der Waals surface area contributed by atoms with E-state index in [4.69, 9.17) is 0 Å². The number of benzene rings is 1. The van der Waals surface area contributed by atoms with E-state index in [1.807, 2.05) is 6.92 Å². The number of carbonyl (C=O) groups excluding carboxylic acids is 2. The standard InChI is InChI=1S/C13H14N2O4/c1-9-6-13(17)14(7-9)8-12(16)10-2-4-11(5-3-10)15(18)19/h2-5,9H,6-8H2,1H3. The molecule has 1 fully saturated rings. The Morgan fingerprint density at radius 1 is 1.42 bits per heavy atom. The summed E-state index contributed by atoms with van der Waals surface area (Å²) in [7, 11) is 0. The molecule has 100 valence electrons. The summed E-state index contributed by atoms with van der Waals surface area (Å²) < 4.78 is 0. The van der Waals surface area contributed by atoms with Crippen molar-refractivity contribution in [3.05, 3.63) is 39.9 Å². The molecule has 0 N–H and O–H groups in total. The number of likely N-dealkylation sites (tertiary alicyclic amines) is 1. The molecule has 0 bridgehead atoms. The van der Waals surface area contributed by atoms with Crippen molar-refractivity contribution >= 4 is 17.4 Å². The van der Waals surface area contributed by atoms with Gasteiger partial charge in [-0.25, -0.2) is 0 Å². The largest absolute Gasteiger partial charge is 0.335 e. The van der Waals surface area contributed by atoms with Crippen LogP contribution in [0.2, 0.25) is 0 Å². The summed E-state index contributed by atoms with van der Waals surface area (Å²) in [6.07, 6.45) is 0.480. The molecule has 1 aliphatic rings. The fourth-order valence-electron chi connectivity index (χ4n) is 2.16. The average Bonchev–Trinajstić information content (AvgIpc) is 2.68. The Hall–Kier alpha value is -2.24. The van der Waals surface area contributed by atoms with Crippen LogP contribution in [-0.2, 0) is 4.79 Å². The first-order valence-electron chi connectivity index (χ1n) is 6.03. The van der Waals surface area contributed by atoms with Gasteiger partial charge in [0.1, 0.15) is 0 Å². The van der Waals surface area contributed by atoms with Crippen molar-refractivity contribution in [3.63, 3.8) is 0 Å². The van der Waals surface area contributed by atoms with Crippen LogP contribution in [0.3, 0.4) is 0 Å². The summed E-state index contributed by atoms with van der Waals surface area (Å²) >= 11 is 0. The normalized spacial score (nSPS) is 18.7. The van der Waals surface area contributed by atoms with Crippen molar-refractivity contribution in [2.45, 2.75) is 13.3 Å². The number of nitro groups is 1. The molecule has 1 atom stereocenters. The molecular formula is C13H14N2O4. The van der Waals surface area contributed by atoms with Gasteiger partial charge in [0.15, 0.2) is 5.78 Å². The van der Waals surface area contributed by atoms with E-state index in [1.54, 1.807) is 0 Å². The van der Waals surface area contributed by atoms with Crippen molar-refractivity contribution in [1.29, 1.82) is 0 Å². The zero-order valence-electron chi connectivity index (χ0n) is 10.5. The molecule has 2 rings (SSSR count). The predicted molar refractivity (Wildman–Crippen MR) is 67.8 cm³/mol. The highest BCUT2D eigenvalue weighted by molar-refractivity contribution is 5.99. The maximum absolute atomic E-state index is 12.0. The highest BCUT2D eigenvalue weighted by atomic mass is 16.6. The third kappa shape index (κ3) is 2.96. The van der Waals surface area contributed by atoms with E-state index < -0.39 is 4.92 Å². The molecule has 0 aromatic heterocycles. The molecule has 1 aromatic carbocycles. The molecule has 1 saturated heterocycles. The Balaban J connectivity index is 2.04. The summed E-state index contributed by atoms with van der Waals surface area (Å²) in [5, 5.41) is 10.5. The molecule has 1 amide bonds. The third-order valence-corrected chi connectivity index (χ3v) is 3.14. The lowest BCUT2D eigenvalue weighted by Crippen LogP contribution is -2.31. The lowest BCUT2D eigenvalue weighted by atomic mass is 10.1. The number of nitrogens with zero attached hydrogens (tertiary/aromatic N) is 2. The van der Waals surface area contributed by atoms with Gasteiger partial charge in [0, 0.05) is 30.7 Å². The van der Waals surface area contributed by atoms with E-state index in [0.29, 0.717) is 18.5 Å². The van der Waals surface area contributed by atoms with Crippen LogP contribution in [0.4, 0.5) is 5.69 Å². The number of carbonyl (C=O) groups is 2. The molecule has 6 nitrogen and oxygen atoms in total. The minimum Gasteiger partial charge on any atom is -0.335 e. The number of amides is 1. The van der Waals surface area contributed by atoms with Crippen LogP contribution in [0, 0.1) is 16.0 Å². The Kier molecular flexibility index (Phi) is 3.59. The Labute approximate surface area is 110 Å². The lowest BCUT2D eigenvalue weighted by molar-refractivity contribution is -0.384. The second-order valence-electron chi connectivity index (χ2n) is 4.81. The van der Waals surface area contributed by atoms with Gasteiger partial charge in [0.05, 0.1) is 11.5 Å². The highest BCUT2D eigenvalue weighted by Gasteiger charge is 2.28. The topological polar surface area (TPSA) is 80.5 Å². The molecule has 19 heavy (non-hydrogen) atoms. The SMILES string of the molecule is CC1CC(=O)N(CC(=O)c2ccc([N+](=O)[O-])cc2)C1. The Morgan fingerprint density at radius 2 is 2.05 bits per heavy atom. The molecule has 0 saturated carbocycles. The molecule has 6 heteroatoms. The van der Waals surface area contributed by atoms with Crippen LogP contribution in [0.1, 0.15) is 23.7 Å². The summed E-state index contributed by atoms with van der Waals surface area (Å²) in [5.74, 6) is 0.0669. The maximum Gasteiger partial charge on any atom is 0.269 e. The first kappa shape index (κ1) is 13.2. The molecule has 0 aliphatic carbocycles. The van der Waals surface area contributed by atoms with Crippen molar-refractivity contribution in [2.75, 3.05) is 13.1 Å². The van der Waals surface area contributed by atoms with Crippen LogP contribution in [0.25, 0.3) is 0 Å². The number of Topliss-reactive ketones (excluding diaryl/α,β-unsaturated/α-hetero) is 1. The van der Waals surface area contributed by atoms with E-state index in [0.717, 1.165) is 0 Å². The number of non-ortho nitro benzene ring substituents is 1. The second-order valence-corrected chi connectivity index (χ2v) is 4.81. The van der Waals surface area contributed by atoms with Gasteiger partial charge < -0.3 is 4.90 Å². The average molecular weight is 262 g/mol. The first-order chi connectivity index (χ1) is 8.97. The van der Waals surface area contributed by atoms with Crippen LogP contribution in [0.15, 0.2) is 24.3 Å². The lowest BCUT2D eigenvalue weighted by Gasteiger charge is -2.14. The quantitative estimate of drug-likeness (QED) is 0.469. The molecule has 1 aliphatic heterocycles. The van der Waals surface area contributed by atoms with Gasteiger partial charge in [-0.15, -0.1) is 0 Å². The predicted octanol–water partition coefficient (Wildman–Crippen LogP) is 1.65. The molecule has 1 unspecified atom stereocenters.